The predicted molar refractivity (Wildman–Crippen MR) is 46.8 cm³/mol. The van der Waals surface area contributed by atoms with Gasteiger partial charge < -0.3 is 10.5 Å². The highest BCUT2D eigenvalue weighted by Gasteiger charge is 2.10. The largest absolute Gasteiger partial charge is 0.473 e. The van der Waals surface area contributed by atoms with Gasteiger partial charge in [0.05, 0.1) is 6.10 Å². The molecule has 1 aromatic heterocycles. The van der Waals surface area contributed by atoms with Gasteiger partial charge in [-0.25, -0.2) is 4.98 Å². The third-order valence-electron chi connectivity index (χ3n) is 1.69. The molecule has 5 heteroatoms. The Balaban J connectivity index is 2.83. The van der Waals surface area contributed by atoms with Crippen molar-refractivity contribution < 1.29 is 9.13 Å². The van der Waals surface area contributed by atoms with Crippen LogP contribution >= 0.6 is 0 Å². The van der Waals surface area contributed by atoms with Crippen LogP contribution in [0.3, 0.4) is 0 Å². The zero-order valence-electron chi connectivity index (χ0n) is 7.62. The Morgan fingerprint density at radius 1 is 1.62 bits per heavy atom. The normalized spacial score (nSPS) is 12.5. The van der Waals surface area contributed by atoms with Crippen LogP contribution in [0.25, 0.3) is 0 Å². The van der Waals surface area contributed by atoms with Crippen LogP contribution in [0.2, 0.25) is 0 Å². The summed E-state index contributed by atoms with van der Waals surface area (Å²) in [6.45, 7) is 3.82. The highest BCUT2D eigenvalue weighted by atomic mass is 19.1. The van der Waals surface area contributed by atoms with Crippen LogP contribution in [-0.2, 0) is 0 Å². The van der Waals surface area contributed by atoms with E-state index in [1.54, 1.807) is 0 Å². The molecule has 72 valence electrons. The van der Waals surface area contributed by atoms with Crippen molar-refractivity contribution in [3.63, 3.8) is 0 Å². The fraction of sp³-hybridized carbons (Fsp3) is 0.500. The number of rotatable bonds is 3. The summed E-state index contributed by atoms with van der Waals surface area (Å²) in [6, 6.07) is 0. The second-order valence-electron chi connectivity index (χ2n) is 2.72. The molecule has 0 saturated carbocycles. The fourth-order valence-electron chi connectivity index (χ4n) is 0.727. The van der Waals surface area contributed by atoms with E-state index in [1.165, 1.54) is 0 Å². The summed E-state index contributed by atoms with van der Waals surface area (Å²) in [7, 11) is 0. The van der Waals surface area contributed by atoms with Gasteiger partial charge in [0.25, 0.3) is 0 Å². The van der Waals surface area contributed by atoms with E-state index in [-0.39, 0.29) is 17.7 Å². The Morgan fingerprint density at radius 2 is 2.31 bits per heavy atom. The molecule has 1 atom stereocenters. The first-order chi connectivity index (χ1) is 6.15. The maximum atomic E-state index is 12.8. The standard InChI is InChI=1S/C8H12FN3O/c1-3-5(2)13-8-6(10)7(9)11-4-12-8/h4-5H,3,10H2,1-2H3. The molecule has 0 aliphatic carbocycles. The monoisotopic (exact) mass is 185 g/mol. The fourth-order valence-corrected chi connectivity index (χ4v) is 0.727. The molecule has 0 fully saturated rings. The van der Waals surface area contributed by atoms with E-state index in [1.807, 2.05) is 13.8 Å². The van der Waals surface area contributed by atoms with Crippen molar-refractivity contribution >= 4 is 5.69 Å². The number of hydrogen-bond donors (Lipinski definition) is 1. The summed E-state index contributed by atoms with van der Waals surface area (Å²) in [6.07, 6.45) is 1.87. The predicted octanol–water partition coefficient (Wildman–Crippen LogP) is 1.38. The molecule has 0 saturated heterocycles. The molecule has 1 unspecified atom stereocenters. The summed E-state index contributed by atoms with van der Waals surface area (Å²) < 4.78 is 18.0. The van der Waals surface area contributed by atoms with Crippen LogP contribution in [-0.4, -0.2) is 16.1 Å². The molecular weight excluding hydrogens is 173 g/mol. The van der Waals surface area contributed by atoms with Crippen LogP contribution in [0.4, 0.5) is 10.1 Å². The van der Waals surface area contributed by atoms with Crippen molar-refractivity contribution in [1.82, 2.24) is 9.97 Å². The third-order valence-corrected chi connectivity index (χ3v) is 1.69. The Hall–Kier alpha value is -1.39. The Kier molecular flexibility index (Phi) is 3.00. The number of anilines is 1. The first-order valence-corrected chi connectivity index (χ1v) is 4.07. The molecule has 4 nitrogen and oxygen atoms in total. The minimum Gasteiger partial charge on any atom is -0.473 e. The van der Waals surface area contributed by atoms with Gasteiger partial charge in [-0.15, -0.1) is 0 Å². The molecule has 0 amide bonds. The summed E-state index contributed by atoms with van der Waals surface area (Å²) in [4.78, 5) is 7.02. The number of hydrogen-bond acceptors (Lipinski definition) is 4. The number of nitrogens with two attached hydrogens (primary N) is 1. The Morgan fingerprint density at radius 3 is 2.92 bits per heavy atom. The first-order valence-electron chi connectivity index (χ1n) is 4.07. The molecule has 1 aromatic rings. The summed E-state index contributed by atoms with van der Waals surface area (Å²) in [5.74, 6) is -0.629. The van der Waals surface area contributed by atoms with Crippen LogP contribution in [0, 0.1) is 5.95 Å². The summed E-state index contributed by atoms with van der Waals surface area (Å²) >= 11 is 0. The van der Waals surface area contributed by atoms with Gasteiger partial charge in [0.2, 0.25) is 11.8 Å². The van der Waals surface area contributed by atoms with E-state index in [0.717, 1.165) is 12.7 Å². The molecular formula is C8H12FN3O. The number of ether oxygens (including phenoxy) is 1. The maximum absolute atomic E-state index is 12.8. The lowest BCUT2D eigenvalue weighted by Crippen LogP contribution is -2.13. The van der Waals surface area contributed by atoms with E-state index >= 15 is 0 Å². The molecule has 13 heavy (non-hydrogen) atoms. The Bertz CT molecular complexity index is 293. The number of aromatic nitrogens is 2. The zero-order valence-corrected chi connectivity index (χ0v) is 7.62. The SMILES string of the molecule is CCC(C)Oc1ncnc(F)c1N. The number of nitrogens with zero attached hydrogens (tertiary/aromatic N) is 2. The van der Waals surface area contributed by atoms with Crippen molar-refractivity contribution in [2.45, 2.75) is 26.4 Å². The lowest BCUT2D eigenvalue weighted by molar-refractivity contribution is 0.208. The molecule has 2 N–H and O–H groups in total. The third kappa shape index (κ3) is 2.27. The van der Waals surface area contributed by atoms with Crippen molar-refractivity contribution in [2.75, 3.05) is 5.73 Å². The summed E-state index contributed by atoms with van der Waals surface area (Å²) in [5, 5.41) is 0. The lowest BCUT2D eigenvalue weighted by atomic mass is 10.3. The smallest absolute Gasteiger partial charge is 0.243 e. The van der Waals surface area contributed by atoms with E-state index in [4.69, 9.17) is 10.5 Å². The van der Waals surface area contributed by atoms with Crippen LogP contribution < -0.4 is 10.5 Å². The van der Waals surface area contributed by atoms with Gasteiger partial charge >= 0.3 is 0 Å². The second-order valence-corrected chi connectivity index (χ2v) is 2.72. The highest BCUT2D eigenvalue weighted by Crippen LogP contribution is 2.20. The zero-order chi connectivity index (χ0) is 9.84. The second kappa shape index (κ2) is 4.02. The van der Waals surface area contributed by atoms with Crippen molar-refractivity contribution in [1.29, 1.82) is 0 Å². The highest BCUT2D eigenvalue weighted by molar-refractivity contribution is 5.46. The minimum atomic E-state index is -0.742. The molecule has 0 spiro atoms. The quantitative estimate of drug-likeness (QED) is 0.722. The maximum Gasteiger partial charge on any atom is 0.243 e. The minimum absolute atomic E-state index is 0.0309. The van der Waals surface area contributed by atoms with E-state index in [9.17, 15) is 4.39 Å². The van der Waals surface area contributed by atoms with Crippen molar-refractivity contribution in [3.05, 3.63) is 12.3 Å². The molecule has 0 aromatic carbocycles. The van der Waals surface area contributed by atoms with Gasteiger partial charge in [-0.2, -0.15) is 9.37 Å². The van der Waals surface area contributed by atoms with E-state index in [0.29, 0.717) is 0 Å². The number of halogens is 1. The van der Waals surface area contributed by atoms with E-state index in [2.05, 4.69) is 9.97 Å². The average Bonchev–Trinajstić information content (AvgIpc) is 2.13. The van der Waals surface area contributed by atoms with E-state index < -0.39 is 5.95 Å². The molecule has 0 aliphatic heterocycles. The molecule has 0 bridgehead atoms. The van der Waals surface area contributed by atoms with Crippen LogP contribution in [0.5, 0.6) is 5.88 Å². The van der Waals surface area contributed by atoms with Gasteiger partial charge in [0.1, 0.15) is 6.33 Å². The molecule has 0 aliphatic rings. The molecule has 1 heterocycles. The van der Waals surface area contributed by atoms with Crippen molar-refractivity contribution in [2.24, 2.45) is 0 Å². The first kappa shape index (κ1) is 9.70. The topological polar surface area (TPSA) is 61.0 Å². The van der Waals surface area contributed by atoms with Crippen molar-refractivity contribution in [3.8, 4) is 5.88 Å². The lowest BCUT2D eigenvalue weighted by Gasteiger charge is -2.12. The van der Waals surface area contributed by atoms with Crippen LogP contribution in [0.15, 0.2) is 6.33 Å². The van der Waals surface area contributed by atoms with Gasteiger partial charge in [-0.05, 0) is 13.3 Å². The molecule has 0 radical (unpaired) electrons. The number of nitrogen functional groups attached to an aromatic ring is 1. The van der Waals surface area contributed by atoms with Gasteiger partial charge in [0.15, 0.2) is 5.69 Å². The molecule has 1 rings (SSSR count). The van der Waals surface area contributed by atoms with Gasteiger partial charge in [-0.1, -0.05) is 6.92 Å². The Labute approximate surface area is 75.9 Å². The summed E-state index contributed by atoms with van der Waals surface area (Å²) in [5.41, 5.74) is 5.22. The van der Waals surface area contributed by atoms with Gasteiger partial charge in [0, 0.05) is 0 Å². The van der Waals surface area contributed by atoms with Crippen LogP contribution in [0.1, 0.15) is 20.3 Å². The van der Waals surface area contributed by atoms with Gasteiger partial charge in [-0.3, -0.25) is 0 Å². The average molecular weight is 185 g/mol.